The highest BCUT2D eigenvalue weighted by atomic mass is 32.2. The van der Waals surface area contributed by atoms with E-state index in [1.807, 2.05) is 29.0 Å². The second-order valence-corrected chi connectivity index (χ2v) is 7.57. The number of hydrogen-bond acceptors (Lipinski definition) is 5. The predicted octanol–water partition coefficient (Wildman–Crippen LogP) is 2.32. The molecule has 0 saturated carbocycles. The van der Waals surface area contributed by atoms with E-state index in [-0.39, 0.29) is 23.8 Å². The third kappa shape index (κ3) is 4.62. The maximum atomic E-state index is 12.4. The number of imidazole rings is 1. The third-order valence-corrected chi connectivity index (χ3v) is 5.36. The maximum Gasteiger partial charge on any atom is 0.255 e. The molecule has 0 atom stereocenters. The van der Waals surface area contributed by atoms with Gasteiger partial charge in [-0.05, 0) is 48.5 Å². The van der Waals surface area contributed by atoms with Crippen molar-refractivity contribution in [1.29, 1.82) is 5.26 Å². The molecule has 0 aliphatic carbocycles. The Kier molecular flexibility index (Phi) is 5.84. The van der Waals surface area contributed by atoms with Crippen LogP contribution in [0, 0.1) is 11.3 Å². The Labute approximate surface area is 162 Å². The number of nitrogens with zero attached hydrogens (tertiary/aromatic N) is 3. The summed E-state index contributed by atoms with van der Waals surface area (Å²) in [5, 5.41) is 11.2. The maximum absolute atomic E-state index is 12.4. The SMILES string of the molecule is N#CCCNS(=O)(=O)c1ccc(C(=O)Nc2ccc(-n3ccnc3)cc2)cc1. The van der Waals surface area contributed by atoms with Gasteiger partial charge in [0, 0.05) is 42.3 Å². The molecule has 8 nitrogen and oxygen atoms in total. The zero-order valence-electron chi connectivity index (χ0n) is 14.7. The number of aromatic nitrogens is 2. The standard InChI is InChI=1S/C19H17N5O3S/c20-10-1-11-22-28(26,27)18-8-2-15(3-9-18)19(25)23-16-4-6-17(7-5-16)24-13-12-21-14-24/h2-9,12-14,22H,1,11H2,(H,23,25). The van der Waals surface area contributed by atoms with Crippen molar-refractivity contribution < 1.29 is 13.2 Å². The van der Waals surface area contributed by atoms with Crippen molar-refractivity contribution in [2.45, 2.75) is 11.3 Å². The average Bonchev–Trinajstić information content (AvgIpc) is 3.23. The number of benzene rings is 2. The number of sulfonamides is 1. The van der Waals surface area contributed by atoms with E-state index >= 15 is 0 Å². The summed E-state index contributed by atoms with van der Waals surface area (Å²) in [7, 11) is -3.70. The first-order valence-electron chi connectivity index (χ1n) is 8.36. The van der Waals surface area contributed by atoms with Gasteiger partial charge in [0.2, 0.25) is 10.0 Å². The lowest BCUT2D eigenvalue weighted by molar-refractivity contribution is 0.102. The second kappa shape index (κ2) is 8.47. The van der Waals surface area contributed by atoms with Crippen molar-refractivity contribution in [3.8, 4) is 11.8 Å². The number of anilines is 1. The summed E-state index contributed by atoms with van der Waals surface area (Å²) in [6.45, 7) is 0.0378. The fourth-order valence-electron chi connectivity index (χ4n) is 2.44. The molecule has 0 bridgehead atoms. The number of hydrogen-bond donors (Lipinski definition) is 2. The van der Waals surface area contributed by atoms with Gasteiger partial charge < -0.3 is 9.88 Å². The molecule has 0 aliphatic rings. The van der Waals surface area contributed by atoms with Gasteiger partial charge in [-0.2, -0.15) is 5.26 Å². The highest BCUT2D eigenvalue weighted by molar-refractivity contribution is 7.89. The van der Waals surface area contributed by atoms with Crippen LogP contribution in [0.2, 0.25) is 0 Å². The molecular formula is C19H17N5O3S. The molecule has 0 saturated heterocycles. The molecule has 0 fully saturated rings. The zero-order valence-corrected chi connectivity index (χ0v) is 15.6. The first kappa shape index (κ1) is 19.3. The molecule has 3 aromatic rings. The summed E-state index contributed by atoms with van der Waals surface area (Å²) in [5.74, 6) is -0.350. The molecule has 3 rings (SSSR count). The number of carbonyl (C=O) groups excluding carboxylic acids is 1. The summed E-state index contributed by atoms with van der Waals surface area (Å²) >= 11 is 0. The second-order valence-electron chi connectivity index (χ2n) is 5.80. The summed E-state index contributed by atoms with van der Waals surface area (Å²) in [6, 6.07) is 14.7. The number of nitrogens with one attached hydrogen (secondary N) is 2. The van der Waals surface area contributed by atoms with Crippen molar-refractivity contribution in [3.63, 3.8) is 0 Å². The normalized spacial score (nSPS) is 11.0. The molecule has 0 spiro atoms. The van der Waals surface area contributed by atoms with E-state index in [1.165, 1.54) is 24.3 Å². The molecule has 0 radical (unpaired) electrons. The fourth-order valence-corrected chi connectivity index (χ4v) is 3.47. The third-order valence-electron chi connectivity index (χ3n) is 3.88. The number of nitriles is 1. The molecule has 1 heterocycles. The van der Waals surface area contributed by atoms with Gasteiger partial charge in [0.25, 0.3) is 5.91 Å². The predicted molar refractivity (Wildman–Crippen MR) is 103 cm³/mol. The van der Waals surface area contributed by atoms with Gasteiger partial charge in [-0.3, -0.25) is 4.79 Å². The van der Waals surface area contributed by atoms with Crippen LogP contribution in [0.15, 0.2) is 72.1 Å². The Balaban J connectivity index is 1.65. The van der Waals surface area contributed by atoms with Crippen LogP contribution < -0.4 is 10.0 Å². The van der Waals surface area contributed by atoms with Crippen LogP contribution in [-0.4, -0.2) is 30.4 Å². The topological polar surface area (TPSA) is 117 Å². The van der Waals surface area contributed by atoms with E-state index in [2.05, 4.69) is 15.0 Å². The largest absolute Gasteiger partial charge is 0.322 e. The highest BCUT2D eigenvalue weighted by Crippen LogP contribution is 2.15. The Morgan fingerprint density at radius 1 is 1.11 bits per heavy atom. The van der Waals surface area contributed by atoms with Gasteiger partial charge in [0.1, 0.15) is 0 Å². The average molecular weight is 395 g/mol. The van der Waals surface area contributed by atoms with Crippen molar-refractivity contribution in [1.82, 2.24) is 14.3 Å². The van der Waals surface area contributed by atoms with E-state index in [4.69, 9.17) is 5.26 Å². The monoisotopic (exact) mass is 395 g/mol. The van der Waals surface area contributed by atoms with Crippen LogP contribution in [0.1, 0.15) is 16.8 Å². The van der Waals surface area contributed by atoms with E-state index < -0.39 is 10.0 Å². The van der Waals surface area contributed by atoms with E-state index in [9.17, 15) is 13.2 Å². The molecule has 0 unspecified atom stereocenters. The number of rotatable bonds is 7. The molecule has 1 aromatic heterocycles. The first-order chi connectivity index (χ1) is 13.5. The molecule has 9 heteroatoms. The Morgan fingerprint density at radius 3 is 2.43 bits per heavy atom. The Bertz CT molecular complexity index is 1080. The van der Waals surface area contributed by atoms with Crippen molar-refractivity contribution in [2.24, 2.45) is 0 Å². The van der Waals surface area contributed by atoms with Gasteiger partial charge in [0.15, 0.2) is 0 Å². The summed E-state index contributed by atoms with van der Waals surface area (Å²) < 4.78 is 28.3. The van der Waals surface area contributed by atoms with Gasteiger partial charge in [-0.25, -0.2) is 18.1 Å². The van der Waals surface area contributed by atoms with E-state index in [0.717, 1.165) is 5.69 Å². The molecule has 2 N–H and O–H groups in total. The minimum Gasteiger partial charge on any atom is -0.322 e. The minimum atomic E-state index is -3.70. The molecule has 142 valence electrons. The quantitative estimate of drug-likeness (QED) is 0.596. The van der Waals surface area contributed by atoms with Crippen LogP contribution in [0.4, 0.5) is 5.69 Å². The lowest BCUT2D eigenvalue weighted by atomic mass is 10.2. The molecule has 0 aliphatic heterocycles. The van der Waals surface area contributed by atoms with E-state index in [1.54, 1.807) is 24.7 Å². The fraction of sp³-hybridized carbons (Fsp3) is 0.105. The summed E-state index contributed by atoms with van der Waals surface area (Å²) in [4.78, 5) is 16.4. The summed E-state index contributed by atoms with van der Waals surface area (Å²) in [6.07, 6.45) is 5.26. The van der Waals surface area contributed by atoms with Gasteiger partial charge in [-0.1, -0.05) is 0 Å². The van der Waals surface area contributed by atoms with Crippen LogP contribution >= 0.6 is 0 Å². The van der Waals surface area contributed by atoms with Crippen molar-refractivity contribution in [2.75, 3.05) is 11.9 Å². The van der Waals surface area contributed by atoms with E-state index in [0.29, 0.717) is 11.3 Å². The molecular weight excluding hydrogens is 378 g/mol. The van der Waals surface area contributed by atoms with Gasteiger partial charge in [-0.15, -0.1) is 0 Å². The molecule has 2 aromatic carbocycles. The highest BCUT2D eigenvalue weighted by Gasteiger charge is 2.14. The van der Waals surface area contributed by atoms with Crippen LogP contribution in [0.5, 0.6) is 0 Å². The Hall–Kier alpha value is -3.48. The first-order valence-corrected chi connectivity index (χ1v) is 9.84. The molecule has 28 heavy (non-hydrogen) atoms. The van der Waals surface area contributed by atoms with Crippen LogP contribution in [0.25, 0.3) is 5.69 Å². The minimum absolute atomic E-state index is 0.0340. The van der Waals surface area contributed by atoms with Gasteiger partial charge >= 0.3 is 0 Å². The summed E-state index contributed by atoms with van der Waals surface area (Å²) in [5.41, 5.74) is 1.85. The number of amides is 1. The Morgan fingerprint density at radius 2 is 1.82 bits per heavy atom. The lowest BCUT2D eigenvalue weighted by Crippen LogP contribution is -2.24. The lowest BCUT2D eigenvalue weighted by Gasteiger charge is -2.08. The van der Waals surface area contributed by atoms with Crippen molar-refractivity contribution in [3.05, 3.63) is 72.8 Å². The smallest absolute Gasteiger partial charge is 0.255 e. The van der Waals surface area contributed by atoms with Crippen molar-refractivity contribution >= 4 is 21.6 Å². The zero-order chi connectivity index (χ0) is 20.0. The van der Waals surface area contributed by atoms with Crippen LogP contribution in [-0.2, 0) is 10.0 Å². The number of carbonyl (C=O) groups is 1. The van der Waals surface area contributed by atoms with Crippen LogP contribution in [0.3, 0.4) is 0 Å². The van der Waals surface area contributed by atoms with Gasteiger partial charge in [0.05, 0.1) is 17.3 Å². The molecule has 1 amide bonds.